The van der Waals surface area contributed by atoms with Gasteiger partial charge in [0.2, 0.25) is 5.78 Å². The molecule has 29 heavy (non-hydrogen) atoms. The first-order chi connectivity index (χ1) is 14.1. The standard InChI is InChI=1S/C22H16FN3O3/c1-28-19-13-9-17(10-14-19)24-22-26(18-11-7-16(23)8-12-18)25-21(29-22)20(27)15-5-3-2-4-6-15/h2-14H,1H3. The lowest BCUT2D eigenvalue weighted by Crippen LogP contribution is -2.15. The molecule has 7 heteroatoms. The Kier molecular flexibility index (Phi) is 5.03. The van der Waals surface area contributed by atoms with Crippen molar-refractivity contribution in [3.05, 3.63) is 102 Å². The molecule has 4 rings (SSSR count). The van der Waals surface area contributed by atoms with Crippen LogP contribution in [0.25, 0.3) is 5.69 Å². The Hall–Kier alpha value is -4.00. The third-order valence-electron chi connectivity index (χ3n) is 4.16. The van der Waals surface area contributed by atoms with Gasteiger partial charge in [0.1, 0.15) is 11.6 Å². The summed E-state index contributed by atoms with van der Waals surface area (Å²) < 4.78 is 25.5. The Morgan fingerprint density at radius 3 is 2.34 bits per heavy atom. The topological polar surface area (TPSA) is 69.6 Å². The number of rotatable bonds is 5. The molecule has 0 aliphatic carbocycles. The molecule has 1 heterocycles. The predicted octanol–water partition coefficient (Wildman–Crippen LogP) is 4.08. The fourth-order valence-electron chi connectivity index (χ4n) is 2.68. The molecule has 0 spiro atoms. The normalized spacial score (nSPS) is 11.4. The summed E-state index contributed by atoms with van der Waals surface area (Å²) in [4.78, 5) is 17.2. The molecule has 0 amide bonds. The summed E-state index contributed by atoms with van der Waals surface area (Å²) in [6.45, 7) is 0. The zero-order valence-electron chi connectivity index (χ0n) is 15.4. The van der Waals surface area contributed by atoms with Gasteiger partial charge in [0, 0.05) is 5.56 Å². The summed E-state index contributed by atoms with van der Waals surface area (Å²) in [6, 6.07) is 21.3. The molecular formula is C22H16FN3O3. The van der Waals surface area contributed by atoms with Crippen molar-refractivity contribution in [3.63, 3.8) is 0 Å². The third-order valence-corrected chi connectivity index (χ3v) is 4.16. The average molecular weight is 389 g/mol. The lowest BCUT2D eigenvalue weighted by atomic mass is 10.1. The highest BCUT2D eigenvalue weighted by molar-refractivity contribution is 6.05. The van der Waals surface area contributed by atoms with Crippen LogP contribution >= 0.6 is 0 Å². The number of aromatic nitrogens is 2. The molecule has 0 radical (unpaired) electrons. The Morgan fingerprint density at radius 2 is 1.69 bits per heavy atom. The van der Waals surface area contributed by atoms with Crippen LogP contribution in [0.5, 0.6) is 5.75 Å². The van der Waals surface area contributed by atoms with E-state index in [4.69, 9.17) is 9.15 Å². The zero-order chi connectivity index (χ0) is 20.2. The van der Waals surface area contributed by atoms with Crippen LogP contribution in [-0.4, -0.2) is 22.7 Å². The maximum Gasteiger partial charge on any atom is 0.325 e. The number of halogens is 1. The number of methoxy groups -OCH3 is 1. The van der Waals surface area contributed by atoms with Crippen LogP contribution in [0.3, 0.4) is 0 Å². The van der Waals surface area contributed by atoms with E-state index in [9.17, 15) is 9.18 Å². The number of carbonyl (C=O) groups is 1. The molecule has 0 N–H and O–H groups in total. The molecule has 6 nitrogen and oxygen atoms in total. The van der Waals surface area contributed by atoms with Crippen molar-refractivity contribution in [1.29, 1.82) is 0 Å². The Bertz CT molecular complexity index is 1190. The van der Waals surface area contributed by atoms with Gasteiger partial charge < -0.3 is 9.15 Å². The van der Waals surface area contributed by atoms with Crippen LogP contribution in [0.1, 0.15) is 16.2 Å². The lowest BCUT2D eigenvalue weighted by Gasteiger charge is -2.00. The summed E-state index contributed by atoms with van der Waals surface area (Å²) in [5.41, 5.74) is 1.61. The number of carbonyl (C=O) groups excluding carboxylic acids is 1. The molecule has 1 aromatic heterocycles. The second-order valence-electron chi connectivity index (χ2n) is 6.08. The first kappa shape index (κ1) is 18.4. The van der Waals surface area contributed by atoms with Gasteiger partial charge >= 0.3 is 5.68 Å². The van der Waals surface area contributed by atoms with Gasteiger partial charge in [-0.25, -0.2) is 4.39 Å². The van der Waals surface area contributed by atoms with Crippen LogP contribution < -0.4 is 10.4 Å². The highest BCUT2D eigenvalue weighted by Gasteiger charge is 2.18. The van der Waals surface area contributed by atoms with Gasteiger partial charge in [-0.05, 0) is 48.5 Å². The SMILES string of the molecule is COc1ccc(N=c2oc(C(=O)c3ccccc3)nn2-c2ccc(F)cc2)cc1. The number of hydrogen-bond donors (Lipinski definition) is 0. The van der Waals surface area contributed by atoms with Gasteiger partial charge in [-0.2, -0.15) is 9.67 Å². The van der Waals surface area contributed by atoms with Gasteiger partial charge in [0.05, 0.1) is 18.5 Å². The molecular weight excluding hydrogens is 373 g/mol. The first-order valence-corrected chi connectivity index (χ1v) is 8.79. The smallest absolute Gasteiger partial charge is 0.325 e. The molecule has 0 saturated carbocycles. The number of benzene rings is 3. The number of ketones is 1. The molecule has 0 atom stereocenters. The molecule has 144 valence electrons. The number of nitrogens with zero attached hydrogens (tertiary/aromatic N) is 3. The lowest BCUT2D eigenvalue weighted by molar-refractivity contribution is 0.100. The van der Waals surface area contributed by atoms with E-state index in [2.05, 4.69) is 10.1 Å². The van der Waals surface area contributed by atoms with E-state index in [-0.39, 0.29) is 23.2 Å². The molecule has 0 aliphatic rings. The molecule has 0 saturated heterocycles. The highest BCUT2D eigenvalue weighted by Crippen LogP contribution is 2.17. The summed E-state index contributed by atoms with van der Waals surface area (Å²) >= 11 is 0. The minimum Gasteiger partial charge on any atom is -0.497 e. The highest BCUT2D eigenvalue weighted by atomic mass is 19.1. The average Bonchev–Trinajstić information content (AvgIpc) is 3.18. The van der Waals surface area contributed by atoms with Crippen molar-refractivity contribution in [2.75, 3.05) is 7.11 Å². The minimum atomic E-state index is -0.382. The van der Waals surface area contributed by atoms with Gasteiger partial charge in [-0.3, -0.25) is 4.79 Å². The summed E-state index contributed by atoms with van der Waals surface area (Å²) in [6.07, 6.45) is 0. The van der Waals surface area contributed by atoms with Crippen molar-refractivity contribution in [1.82, 2.24) is 9.78 Å². The van der Waals surface area contributed by atoms with Gasteiger partial charge in [-0.15, -0.1) is 5.10 Å². The van der Waals surface area contributed by atoms with Crippen LogP contribution in [0.15, 0.2) is 88.3 Å². The van der Waals surface area contributed by atoms with Crippen molar-refractivity contribution in [3.8, 4) is 11.4 Å². The largest absolute Gasteiger partial charge is 0.497 e. The summed E-state index contributed by atoms with van der Waals surface area (Å²) in [7, 11) is 1.58. The second kappa shape index (κ2) is 7.93. The fraction of sp³-hybridized carbons (Fsp3) is 0.0455. The van der Waals surface area contributed by atoms with E-state index in [1.165, 1.54) is 28.9 Å². The molecule has 4 aromatic rings. The molecule has 3 aromatic carbocycles. The maximum absolute atomic E-state index is 13.3. The number of ether oxygens (including phenoxy) is 1. The van der Waals surface area contributed by atoms with Gasteiger partial charge in [-0.1, -0.05) is 30.3 Å². The van der Waals surface area contributed by atoms with Crippen LogP contribution in [0.2, 0.25) is 0 Å². The second-order valence-corrected chi connectivity index (χ2v) is 6.08. The maximum atomic E-state index is 13.3. The zero-order valence-corrected chi connectivity index (χ0v) is 15.4. The number of hydrogen-bond acceptors (Lipinski definition) is 5. The van der Waals surface area contributed by atoms with Crippen LogP contribution in [-0.2, 0) is 0 Å². The van der Waals surface area contributed by atoms with Crippen LogP contribution in [0.4, 0.5) is 10.1 Å². The van der Waals surface area contributed by atoms with E-state index in [0.717, 1.165) is 0 Å². The van der Waals surface area contributed by atoms with E-state index >= 15 is 0 Å². The summed E-state index contributed by atoms with van der Waals surface area (Å²) in [5.74, 6) is -0.189. The third kappa shape index (κ3) is 3.98. The molecule has 0 bridgehead atoms. The summed E-state index contributed by atoms with van der Waals surface area (Å²) in [5, 5.41) is 4.28. The van der Waals surface area contributed by atoms with Gasteiger partial charge in [0.25, 0.3) is 5.89 Å². The molecule has 0 unspecified atom stereocenters. The van der Waals surface area contributed by atoms with Crippen molar-refractivity contribution >= 4 is 11.5 Å². The van der Waals surface area contributed by atoms with Crippen LogP contribution in [0, 0.1) is 5.82 Å². The van der Waals surface area contributed by atoms with E-state index in [1.54, 1.807) is 55.6 Å². The predicted molar refractivity (Wildman–Crippen MR) is 104 cm³/mol. The quantitative estimate of drug-likeness (QED) is 0.483. The molecule has 0 aliphatic heterocycles. The van der Waals surface area contributed by atoms with E-state index in [1.807, 2.05) is 6.07 Å². The Labute approximate surface area is 165 Å². The van der Waals surface area contributed by atoms with E-state index < -0.39 is 0 Å². The fourth-order valence-corrected chi connectivity index (χ4v) is 2.68. The monoisotopic (exact) mass is 389 g/mol. The Morgan fingerprint density at radius 1 is 1.00 bits per heavy atom. The first-order valence-electron chi connectivity index (χ1n) is 8.79. The molecule has 0 fully saturated rings. The van der Waals surface area contributed by atoms with Crippen molar-refractivity contribution in [2.24, 2.45) is 4.99 Å². The van der Waals surface area contributed by atoms with Crippen molar-refractivity contribution < 1.29 is 18.3 Å². The minimum absolute atomic E-state index is 0.0843. The Balaban J connectivity index is 1.83. The van der Waals surface area contributed by atoms with Crippen molar-refractivity contribution in [2.45, 2.75) is 0 Å². The van der Waals surface area contributed by atoms with Gasteiger partial charge in [0.15, 0.2) is 0 Å². The van der Waals surface area contributed by atoms with E-state index in [0.29, 0.717) is 22.7 Å².